The van der Waals surface area contributed by atoms with Crippen molar-refractivity contribution in [1.29, 1.82) is 0 Å². The molecule has 8 nitrogen and oxygen atoms in total. The van der Waals surface area contributed by atoms with Crippen LogP contribution in [0, 0.1) is 0 Å². The smallest absolute Gasteiger partial charge is 0.277 e. The van der Waals surface area contributed by atoms with E-state index in [1.807, 2.05) is 6.07 Å². The molecule has 0 radical (unpaired) electrons. The Balaban J connectivity index is 0.000000785. The Hall–Kier alpha value is -3.10. The third kappa shape index (κ3) is 7.92. The van der Waals surface area contributed by atoms with Gasteiger partial charge in [-0.15, -0.1) is 0 Å². The molecule has 2 aromatic rings. The quantitative estimate of drug-likeness (QED) is 0.542. The first-order valence-corrected chi connectivity index (χ1v) is 10.4. The normalized spacial score (nSPS) is 15.2. The number of benzene rings is 1. The maximum absolute atomic E-state index is 11.3. The highest BCUT2D eigenvalue weighted by Crippen LogP contribution is 2.16. The lowest BCUT2D eigenvalue weighted by Gasteiger charge is -2.38. The van der Waals surface area contributed by atoms with Crippen molar-refractivity contribution in [3.63, 3.8) is 0 Å². The molecule has 1 aromatic heterocycles. The van der Waals surface area contributed by atoms with Crippen LogP contribution >= 0.6 is 0 Å². The van der Waals surface area contributed by atoms with Crippen LogP contribution in [0.4, 0.5) is 5.95 Å². The number of rotatable bonds is 6. The van der Waals surface area contributed by atoms with Gasteiger partial charge in [-0.1, -0.05) is 49.4 Å². The summed E-state index contributed by atoms with van der Waals surface area (Å²) in [4.78, 5) is 33.9. The van der Waals surface area contributed by atoms with Gasteiger partial charge in [0.15, 0.2) is 0 Å². The molecule has 1 aromatic carbocycles. The Kier molecular flexibility index (Phi) is 9.80. The standard InChI is InChI=1S/C20H25N5O2.C3H6O/c1-2-18(9-8-16-6-4-3-5-7-16)24-10-12-25(13-11-24)20-21-14-17(15-22-20)19(26)23-27;1-3(2)4/h3-9,14-15,18,27H,2,10-13H2,1H3,(H,23,26);1-2H3/b9-8+;. The van der Waals surface area contributed by atoms with E-state index in [1.54, 1.807) is 5.48 Å². The monoisotopic (exact) mass is 425 g/mol. The number of hydrogen-bond acceptors (Lipinski definition) is 7. The molecule has 1 fully saturated rings. The summed E-state index contributed by atoms with van der Waals surface area (Å²) in [7, 11) is 0. The second-order valence-corrected chi connectivity index (χ2v) is 7.39. The number of nitrogens with one attached hydrogen (secondary N) is 1. The van der Waals surface area contributed by atoms with Gasteiger partial charge in [-0.25, -0.2) is 15.4 Å². The average molecular weight is 426 g/mol. The lowest BCUT2D eigenvalue weighted by molar-refractivity contribution is -0.115. The molecule has 2 heterocycles. The van der Waals surface area contributed by atoms with Crippen molar-refractivity contribution in [2.75, 3.05) is 31.1 Å². The van der Waals surface area contributed by atoms with E-state index in [-0.39, 0.29) is 11.3 Å². The van der Waals surface area contributed by atoms with E-state index in [2.05, 4.69) is 63.1 Å². The largest absolute Gasteiger partial charge is 0.338 e. The van der Waals surface area contributed by atoms with E-state index in [0.29, 0.717) is 12.0 Å². The molecule has 1 atom stereocenters. The fourth-order valence-electron chi connectivity index (χ4n) is 3.22. The number of hydrogen-bond donors (Lipinski definition) is 2. The third-order valence-corrected chi connectivity index (χ3v) is 4.80. The minimum atomic E-state index is -0.609. The van der Waals surface area contributed by atoms with Crippen LogP contribution in [0.2, 0.25) is 0 Å². The van der Waals surface area contributed by atoms with Gasteiger partial charge in [0, 0.05) is 44.6 Å². The van der Waals surface area contributed by atoms with Gasteiger partial charge < -0.3 is 9.69 Å². The maximum Gasteiger partial charge on any atom is 0.277 e. The molecule has 31 heavy (non-hydrogen) atoms. The lowest BCUT2D eigenvalue weighted by Crippen LogP contribution is -2.50. The molecule has 8 heteroatoms. The van der Waals surface area contributed by atoms with Crippen LogP contribution in [-0.4, -0.2) is 64.0 Å². The first kappa shape index (κ1) is 24.2. The van der Waals surface area contributed by atoms with Gasteiger partial charge in [-0.3, -0.25) is 14.9 Å². The minimum Gasteiger partial charge on any atom is -0.338 e. The fourth-order valence-corrected chi connectivity index (χ4v) is 3.22. The maximum atomic E-state index is 11.3. The third-order valence-electron chi connectivity index (χ3n) is 4.80. The number of nitrogens with zero attached hydrogens (tertiary/aromatic N) is 4. The molecule has 1 amide bonds. The Morgan fingerprint density at radius 2 is 1.68 bits per heavy atom. The summed E-state index contributed by atoms with van der Waals surface area (Å²) < 4.78 is 0. The zero-order valence-electron chi connectivity index (χ0n) is 18.4. The van der Waals surface area contributed by atoms with Crippen molar-refractivity contribution in [2.24, 2.45) is 0 Å². The summed E-state index contributed by atoms with van der Waals surface area (Å²) in [6.07, 6.45) is 8.39. The minimum absolute atomic E-state index is 0.167. The number of carbonyl (C=O) groups excluding carboxylic acids is 2. The number of hydroxylamine groups is 1. The second-order valence-electron chi connectivity index (χ2n) is 7.39. The molecular formula is C23H31N5O3. The molecule has 0 bridgehead atoms. The van der Waals surface area contributed by atoms with Crippen molar-refractivity contribution in [2.45, 2.75) is 33.2 Å². The van der Waals surface area contributed by atoms with Gasteiger partial charge in [0.25, 0.3) is 5.91 Å². The summed E-state index contributed by atoms with van der Waals surface area (Å²) in [6, 6.07) is 10.8. The van der Waals surface area contributed by atoms with E-state index >= 15 is 0 Å². The zero-order valence-corrected chi connectivity index (χ0v) is 18.4. The molecule has 3 rings (SSSR count). The number of aromatic nitrogens is 2. The van der Waals surface area contributed by atoms with Crippen molar-refractivity contribution in [1.82, 2.24) is 20.3 Å². The van der Waals surface area contributed by atoms with Gasteiger partial charge in [0.2, 0.25) is 5.95 Å². The fraction of sp³-hybridized carbons (Fsp3) is 0.391. The molecule has 1 unspecified atom stereocenters. The number of piperazine rings is 1. The SMILES string of the molecule is CC(C)=O.CCC(/C=C/c1ccccc1)N1CCN(c2ncc(C(=O)NO)cn2)CC1. The number of ketones is 1. The highest BCUT2D eigenvalue weighted by atomic mass is 16.5. The van der Waals surface area contributed by atoms with Crippen LogP contribution in [0.15, 0.2) is 48.8 Å². The van der Waals surface area contributed by atoms with Crippen LogP contribution in [0.25, 0.3) is 6.08 Å². The van der Waals surface area contributed by atoms with E-state index in [1.165, 1.54) is 31.8 Å². The molecule has 1 aliphatic heterocycles. The number of carbonyl (C=O) groups is 2. The number of anilines is 1. The van der Waals surface area contributed by atoms with Crippen LogP contribution < -0.4 is 10.4 Å². The van der Waals surface area contributed by atoms with Crippen LogP contribution in [0.5, 0.6) is 0 Å². The van der Waals surface area contributed by atoms with Gasteiger partial charge >= 0.3 is 0 Å². The van der Waals surface area contributed by atoms with Crippen LogP contribution in [0.1, 0.15) is 43.1 Å². The van der Waals surface area contributed by atoms with E-state index in [9.17, 15) is 9.59 Å². The summed E-state index contributed by atoms with van der Waals surface area (Å²) in [6.45, 7) is 8.79. The van der Waals surface area contributed by atoms with Gasteiger partial charge in [-0.05, 0) is 25.8 Å². The molecule has 1 saturated heterocycles. The predicted octanol–water partition coefficient (Wildman–Crippen LogP) is 2.80. The molecule has 2 N–H and O–H groups in total. The predicted molar refractivity (Wildman–Crippen MR) is 121 cm³/mol. The van der Waals surface area contributed by atoms with E-state index < -0.39 is 5.91 Å². The number of Topliss-reactive ketones (excluding diaryl/α,β-unsaturated/α-hetero) is 1. The molecular weight excluding hydrogens is 394 g/mol. The topological polar surface area (TPSA) is 98.7 Å². The van der Waals surface area contributed by atoms with Crippen molar-refractivity contribution in [3.8, 4) is 0 Å². The van der Waals surface area contributed by atoms with E-state index in [4.69, 9.17) is 5.21 Å². The highest BCUT2D eigenvalue weighted by molar-refractivity contribution is 5.92. The molecule has 0 saturated carbocycles. The molecule has 1 aliphatic rings. The van der Waals surface area contributed by atoms with Crippen molar-refractivity contribution in [3.05, 3.63) is 59.9 Å². The molecule has 166 valence electrons. The second kappa shape index (κ2) is 12.6. The Labute approximate surface area is 183 Å². The summed E-state index contributed by atoms with van der Waals surface area (Å²) in [5, 5.41) is 8.65. The summed E-state index contributed by atoms with van der Waals surface area (Å²) in [5.74, 6) is 0.166. The first-order chi connectivity index (χ1) is 14.9. The molecule has 0 spiro atoms. The van der Waals surface area contributed by atoms with Gasteiger partial charge in [0.05, 0.1) is 5.56 Å². The van der Waals surface area contributed by atoms with E-state index in [0.717, 1.165) is 32.6 Å². The summed E-state index contributed by atoms with van der Waals surface area (Å²) >= 11 is 0. The van der Waals surface area contributed by atoms with Crippen LogP contribution in [0.3, 0.4) is 0 Å². The van der Waals surface area contributed by atoms with Gasteiger partial charge in [0.1, 0.15) is 5.78 Å². The summed E-state index contributed by atoms with van der Waals surface area (Å²) in [5.41, 5.74) is 3.03. The Morgan fingerprint density at radius 1 is 1.10 bits per heavy atom. The first-order valence-electron chi connectivity index (χ1n) is 10.4. The number of amides is 1. The van der Waals surface area contributed by atoms with Crippen LogP contribution in [-0.2, 0) is 4.79 Å². The lowest BCUT2D eigenvalue weighted by atomic mass is 10.1. The Bertz CT molecular complexity index is 843. The zero-order chi connectivity index (χ0) is 22.6. The van der Waals surface area contributed by atoms with Crippen molar-refractivity contribution < 1.29 is 14.8 Å². The highest BCUT2D eigenvalue weighted by Gasteiger charge is 2.22. The van der Waals surface area contributed by atoms with Gasteiger partial charge in [-0.2, -0.15) is 0 Å². The molecule has 0 aliphatic carbocycles. The average Bonchev–Trinajstić information content (AvgIpc) is 2.80. The Morgan fingerprint density at radius 3 is 2.19 bits per heavy atom. The van der Waals surface area contributed by atoms with Crippen molar-refractivity contribution >= 4 is 23.7 Å².